The van der Waals surface area contributed by atoms with Gasteiger partial charge >= 0.3 is 0 Å². The minimum absolute atomic E-state index is 0.499. The number of hydrogen-bond acceptors (Lipinski definition) is 1. The van der Waals surface area contributed by atoms with Crippen molar-refractivity contribution in [2.75, 3.05) is 6.54 Å². The molecule has 64 valence electrons. The van der Waals surface area contributed by atoms with Crippen LogP contribution in [0.2, 0.25) is 0 Å². The molecule has 0 aromatic rings. The second-order valence-corrected chi connectivity index (χ2v) is 3.08. The summed E-state index contributed by atoms with van der Waals surface area (Å²) in [5.41, 5.74) is 1.24. The highest BCUT2D eigenvalue weighted by atomic mass is 14.7. The first-order valence-corrected chi connectivity index (χ1v) is 4.30. The number of hydrogen-bond donors (Lipinski definition) is 0. The highest BCUT2D eigenvalue weighted by Crippen LogP contribution is 2.04. The monoisotopic (exact) mass is 161 g/mol. The van der Waals surface area contributed by atoms with Gasteiger partial charge in [0, 0.05) is 6.21 Å². The first kappa shape index (κ1) is 8.98. The van der Waals surface area contributed by atoms with E-state index in [2.05, 4.69) is 43.1 Å². The first-order chi connectivity index (χ1) is 5.79. The molecule has 12 heavy (non-hydrogen) atoms. The molecule has 1 aliphatic heterocycles. The van der Waals surface area contributed by atoms with Gasteiger partial charge in [0.15, 0.2) is 0 Å². The summed E-state index contributed by atoms with van der Waals surface area (Å²) in [5, 5.41) is 0. The molecule has 0 radical (unpaired) electrons. The van der Waals surface area contributed by atoms with Crippen molar-refractivity contribution in [3.63, 3.8) is 0 Å². The largest absolute Gasteiger partial charge is 0.289 e. The van der Waals surface area contributed by atoms with Crippen LogP contribution in [-0.4, -0.2) is 12.8 Å². The van der Waals surface area contributed by atoms with Crippen LogP contribution in [0.5, 0.6) is 0 Å². The summed E-state index contributed by atoms with van der Waals surface area (Å²) in [5.74, 6) is 0.499. The summed E-state index contributed by atoms with van der Waals surface area (Å²) in [4.78, 5) is 4.23. The Morgan fingerprint density at radius 3 is 3.08 bits per heavy atom. The second-order valence-electron chi connectivity index (χ2n) is 3.08. The van der Waals surface area contributed by atoms with Crippen LogP contribution in [0.3, 0.4) is 0 Å². The summed E-state index contributed by atoms with van der Waals surface area (Å²) in [6.07, 6.45) is 12.5. The number of aliphatic imine (C=N–C) groups is 1. The van der Waals surface area contributed by atoms with E-state index in [1.807, 2.05) is 12.3 Å². The molecule has 0 aromatic carbocycles. The van der Waals surface area contributed by atoms with Crippen LogP contribution in [-0.2, 0) is 0 Å². The molecule has 1 aliphatic rings. The van der Waals surface area contributed by atoms with Gasteiger partial charge in [-0.25, -0.2) is 0 Å². The third kappa shape index (κ3) is 3.33. The summed E-state index contributed by atoms with van der Waals surface area (Å²) in [6, 6.07) is 0. The first-order valence-electron chi connectivity index (χ1n) is 4.30. The van der Waals surface area contributed by atoms with E-state index in [0.717, 1.165) is 6.54 Å². The van der Waals surface area contributed by atoms with Crippen LogP contribution in [0.25, 0.3) is 0 Å². The lowest BCUT2D eigenvalue weighted by molar-refractivity contribution is 0.932. The Kier molecular flexibility index (Phi) is 3.52. The van der Waals surface area contributed by atoms with Crippen LogP contribution < -0.4 is 0 Å². The Balaban J connectivity index is 2.75. The normalized spacial score (nSPS) is 29.2. The highest BCUT2D eigenvalue weighted by molar-refractivity contribution is 5.77. The lowest BCUT2D eigenvalue weighted by atomic mass is 10.1. The molecule has 0 amide bonds. The molecule has 0 N–H and O–H groups in total. The lowest BCUT2D eigenvalue weighted by Gasteiger charge is -1.99. The van der Waals surface area contributed by atoms with E-state index in [0.29, 0.717) is 5.92 Å². The average molecular weight is 161 g/mol. The molecule has 0 bridgehead atoms. The van der Waals surface area contributed by atoms with Gasteiger partial charge in [0.25, 0.3) is 0 Å². The molecule has 1 atom stereocenters. The van der Waals surface area contributed by atoms with Gasteiger partial charge in [0.05, 0.1) is 6.54 Å². The van der Waals surface area contributed by atoms with E-state index in [4.69, 9.17) is 0 Å². The van der Waals surface area contributed by atoms with Gasteiger partial charge in [-0.15, -0.1) is 0 Å². The molecule has 0 aromatic heterocycles. The molecule has 0 fully saturated rings. The van der Waals surface area contributed by atoms with Gasteiger partial charge in [-0.2, -0.15) is 0 Å². The topological polar surface area (TPSA) is 12.4 Å². The van der Waals surface area contributed by atoms with Crippen molar-refractivity contribution in [2.45, 2.75) is 13.8 Å². The lowest BCUT2D eigenvalue weighted by Crippen LogP contribution is -1.88. The zero-order valence-corrected chi connectivity index (χ0v) is 7.70. The minimum Gasteiger partial charge on any atom is -0.289 e. The maximum atomic E-state index is 4.23. The molecule has 1 rings (SSSR count). The van der Waals surface area contributed by atoms with Gasteiger partial charge in [0.1, 0.15) is 0 Å². The van der Waals surface area contributed by atoms with Gasteiger partial charge in [-0.3, -0.25) is 4.99 Å². The number of nitrogens with zero attached hydrogens (tertiary/aromatic N) is 1. The van der Waals surface area contributed by atoms with Crippen LogP contribution in [0, 0.1) is 5.92 Å². The molecule has 0 aliphatic carbocycles. The van der Waals surface area contributed by atoms with E-state index >= 15 is 0 Å². The van der Waals surface area contributed by atoms with E-state index < -0.39 is 0 Å². The predicted octanol–water partition coefficient (Wildman–Crippen LogP) is 2.77. The fraction of sp³-hybridized carbons (Fsp3) is 0.364. The highest BCUT2D eigenvalue weighted by Gasteiger charge is 1.91. The molecular formula is C11H15N. The zero-order chi connectivity index (χ0) is 8.81. The SMILES string of the molecule is CC1=CC(C)/C=C\C=C/CN=C1. The molecule has 1 heteroatoms. The summed E-state index contributed by atoms with van der Waals surface area (Å²) < 4.78 is 0. The maximum absolute atomic E-state index is 4.23. The van der Waals surface area contributed by atoms with Crippen molar-refractivity contribution in [1.29, 1.82) is 0 Å². The molecule has 0 saturated heterocycles. The number of allylic oxidation sites excluding steroid dienone is 5. The maximum Gasteiger partial charge on any atom is 0.0573 e. The Bertz CT molecular complexity index is 244. The van der Waals surface area contributed by atoms with Crippen molar-refractivity contribution < 1.29 is 0 Å². The molecule has 0 saturated carbocycles. The summed E-state index contributed by atoms with van der Waals surface area (Å²) in [7, 11) is 0. The van der Waals surface area contributed by atoms with Crippen molar-refractivity contribution in [3.05, 3.63) is 36.0 Å². The van der Waals surface area contributed by atoms with Crippen LogP contribution in [0.1, 0.15) is 13.8 Å². The van der Waals surface area contributed by atoms with Gasteiger partial charge in [0.2, 0.25) is 0 Å². The van der Waals surface area contributed by atoms with E-state index in [1.54, 1.807) is 0 Å². The summed E-state index contributed by atoms with van der Waals surface area (Å²) >= 11 is 0. The van der Waals surface area contributed by atoms with Gasteiger partial charge in [-0.05, 0) is 18.4 Å². The Morgan fingerprint density at radius 2 is 2.25 bits per heavy atom. The average Bonchev–Trinajstić information content (AvgIpc) is 2.02. The van der Waals surface area contributed by atoms with Crippen LogP contribution in [0.15, 0.2) is 40.9 Å². The Labute approximate surface area is 74.2 Å². The third-order valence-electron chi connectivity index (χ3n) is 1.69. The number of rotatable bonds is 0. The van der Waals surface area contributed by atoms with Gasteiger partial charge in [-0.1, -0.05) is 37.3 Å². The Morgan fingerprint density at radius 1 is 1.42 bits per heavy atom. The van der Waals surface area contributed by atoms with E-state index in [-0.39, 0.29) is 0 Å². The third-order valence-corrected chi connectivity index (χ3v) is 1.69. The van der Waals surface area contributed by atoms with Gasteiger partial charge < -0.3 is 0 Å². The molecule has 1 heterocycles. The summed E-state index contributed by atoms with van der Waals surface area (Å²) in [6.45, 7) is 5.03. The molecular weight excluding hydrogens is 146 g/mol. The van der Waals surface area contributed by atoms with Crippen molar-refractivity contribution >= 4 is 6.21 Å². The van der Waals surface area contributed by atoms with Crippen LogP contribution >= 0.6 is 0 Å². The van der Waals surface area contributed by atoms with E-state index in [9.17, 15) is 0 Å². The minimum atomic E-state index is 0.499. The second kappa shape index (κ2) is 4.70. The Hall–Kier alpha value is -1.11. The van der Waals surface area contributed by atoms with Crippen molar-refractivity contribution in [1.82, 2.24) is 0 Å². The van der Waals surface area contributed by atoms with Crippen molar-refractivity contribution in [2.24, 2.45) is 10.9 Å². The quantitative estimate of drug-likeness (QED) is 0.518. The fourth-order valence-electron chi connectivity index (χ4n) is 1.15. The predicted molar refractivity (Wildman–Crippen MR) is 54.6 cm³/mol. The smallest absolute Gasteiger partial charge is 0.0573 e. The fourth-order valence-corrected chi connectivity index (χ4v) is 1.15. The zero-order valence-electron chi connectivity index (χ0n) is 7.70. The van der Waals surface area contributed by atoms with Crippen LogP contribution in [0.4, 0.5) is 0 Å². The standard InChI is InChI=1S/C11H15N/c1-10-6-4-3-5-7-12-9-11(2)8-10/h3-6,8-10H,7H2,1-2H3/b5-3-,6-4-,11-8?,12-9?. The molecule has 1 nitrogen and oxygen atoms in total. The molecule has 1 unspecified atom stereocenters. The van der Waals surface area contributed by atoms with E-state index in [1.165, 1.54) is 5.57 Å². The van der Waals surface area contributed by atoms with Crippen molar-refractivity contribution in [3.8, 4) is 0 Å². The molecule has 0 spiro atoms.